The van der Waals surface area contributed by atoms with Gasteiger partial charge in [-0.15, -0.1) is 0 Å². The number of hydrogen-bond donors (Lipinski definition) is 1. The molecular weight excluding hydrogens is 309 g/mol. The molecule has 0 fully saturated rings. The number of halogens is 7. The van der Waals surface area contributed by atoms with Crippen LogP contribution in [0.4, 0.5) is 30.7 Å². The van der Waals surface area contributed by atoms with Gasteiger partial charge < -0.3 is 10.2 Å². The van der Waals surface area contributed by atoms with E-state index in [0.29, 0.717) is 4.90 Å². The van der Waals surface area contributed by atoms with Crippen molar-refractivity contribution in [2.45, 2.75) is 24.2 Å². The van der Waals surface area contributed by atoms with E-state index in [0.717, 1.165) is 18.4 Å². The second-order valence-electron chi connectivity index (χ2n) is 4.26. The van der Waals surface area contributed by atoms with Gasteiger partial charge in [0.25, 0.3) is 0 Å². The summed E-state index contributed by atoms with van der Waals surface area (Å²) in [7, 11) is 0. The molecule has 2 aliphatic heterocycles. The Bertz CT molecular complexity index is 547. The molecule has 10 heteroatoms. The first-order chi connectivity index (χ1) is 9.48. The maximum Gasteiger partial charge on any atom is 0.460 e. The smallest absolute Gasteiger partial charge is 0.329 e. The first kappa shape index (κ1) is 15.4. The molecule has 0 radical (unpaired) electrons. The lowest BCUT2D eigenvalue weighted by molar-refractivity contribution is -0.347. The zero-order valence-electron chi connectivity index (χ0n) is 9.97. The van der Waals surface area contributed by atoms with Crippen molar-refractivity contribution in [2.75, 3.05) is 0 Å². The van der Waals surface area contributed by atoms with Crippen LogP contribution in [0.3, 0.4) is 0 Å². The molecular formula is C11H7F7N2O. The van der Waals surface area contributed by atoms with Crippen LogP contribution < -0.4 is 5.32 Å². The van der Waals surface area contributed by atoms with Gasteiger partial charge in [0.15, 0.2) is 0 Å². The van der Waals surface area contributed by atoms with Gasteiger partial charge in [-0.1, -0.05) is 6.08 Å². The van der Waals surface area contributed by atoms with Gasteiger partial charge >= 0.3 is 18.0 Å². The Labute approximate surface area is 113 Å². The summed E-state index contributed by atoms with van der Waals surface area (Å²) >= 11 is 0. The second kappa shape index (κ2) is 4.50. The third-order valence-corrected chi connectivity index (χ3v) is 2.86. The molecule has 0 spiro atoms. The second-order valence-corrected chi connectivity index (χ2v) is 4.26. The lowest BCUT2D eigenvalue weighted by Crippen LogP contribution is -2.59. The van der Waals surface area contributed by atoms with Crippen LogP contribution in [-0.4, -0.2) is 35.0 Å². The summed E-state index contributed by atoms with van der Waals surface area (Å²) < 4.78 is 90.1. The van der Waals surface area contributed by atoms with Crippen molar-refractivity contribution in [1.29, 1.82) is 0 Å². The number of carbonyl (C=O) groups excluding carboxylic acids is 1. The van der Waals surface area contributed by atoms with Crippen LogP contribution in [0.25, 0.3) is 0 Å². The predicted octanol–water partition coefficient (Wildman–Crippen LogP) is 2.54. The minimum Gasteiger partial charge on any atom is -0.329 e. The molecule has 0 saturated carbocycles. The number of carbonyl (C=O) groups is 1. The Balaban J connectivity index is 2.50. The van der Waals surface area contributed by atoms with Gasteiger partial charge in [0.1, 0.15) is 11.9 Å². The number of amides is 1. The Morgan fingerprint density at radius 3 is 2.24 bits per heavy atom. The monoisotopic (exact) mass is 316 g/mol. The fourth-order valence-corrected chi connectivity index (χ4v) is 1.82. The summed E-state index contributed by atoms with van der Waals surface area (Å²) in [5.41, 5.74) is -1.72. The molecule has 2 heterocycles. The van der Waals surface area contributed by atoms with E-state index >= 15 is 0 Å². The lowest BCUT2D eigenvalue weighted by Gasteiger charge is -2.40. The third kappa shape index (κ3) is 2.28. The van der Waals surface area contributed by atoms with Crippen LogP contribution in [-0.2, 0) is 4.79 Å². The van der Waals surface area contributed by atoms with E-state index in [2.05, 4.69) is 5.32 Å². The fourth-order valence-electron chi connectivity index (χ4n) is 1.82. The molecule has 0 aromatic heterocycles. The molecule has 1 amide bonds. The van der Waals surface area contributed by atoms with Gasteiger partial charge in [-0.05, 0) is 12.2 Å². The van der Waals surface area contributed by atoms with Crippen molar-refractivity contribution in [3.63, 3.8) is 0 Å². The van der Waals surface area contributed by atoms with Crippen LogP contribution >= 0.6 is 0 Å². The molecule has 0 bridgehead atoms. The molecule has 0 aromatic rings. The molecule has 1 atom stereocenters. The highest BCUT2D eigenvalue weighted by molar-refractivity contribution is 5.90. The van der Waals surface area contributed by atoms with Gasteiger partial charge in [-0.3, -0.25) is 4.79 Å². The van der Waals surface area contributed by atoms with Crippen LogP contribution in [0, 0.1) is 0 Å². The quantitative estimate of drug-likeness (QED) is 0.794. The first-order valence-corrected chi connectivity index (χ1v) is 5.47. The lowest BCUT2D eigenvalue weighted by atomic mass is 10.0. The van der Waals surface area contributed by atoms with Gasteiger partial charge in [-0.25, -0.2) is 0 Å². The average Bonchev–Trinajstić information content (AvgIpc) is 2.36. The van der Waals surface area contributed by atoms with Crippen molar-refractivity contribution in [2.24, 2.45) is 0 Å². The molecule has 0 aliphatic carbocycles. The minimum atomic E-state index is -6.46. The number of hydrogen-bond acceptors (Lipinski definition) is 2. The molecule has 1 unspecified atom stereocenters. The molecule has 21 heavy (non-hydrogen) atoms. The summed E-state index contributed by atoms with van der Waals surface area (Å²) in [4.78, 5) is 11.7. The average molecular weight is 316 g/mol. The van der Waals surface area contributed by atoms with E-state index in [4.69, 9.17) is 0 Å². The first-order valence-electron chi connectivity index (χ1n) is 5.47. The Morgan fingerprint density at radius 1 is 1.05 bits per heavy atom. The summed E-state index contributed by atoms with van der Waals surface area (Å²) in [6, 6.07) is 0. The van der Waals surface area contributed by atoms with E-state index in [-0.39, 0.29) is 6.08 Å². The van der Waals surface area contributed by atoms with Crippen molar-refractivity contribution in [3.05, 3.63) is 36.2 Å². The molecule has 116 valence electrons. The van der Waals surface area contributed by atoms with E-state index in [1.165, 1.54) is 6.08 Å². The summed E-state index contributed by atoms with van der Waals surface area (Å²) in [5, 5.41) is 2.12. The van der Waals surface area contributed by atoms with Crippen molar-refractivity contribution in [1.82, 2.24) is 10.2 Å². The highest BCUT2D eigenvalue weighted by Gasteiger charge is 2.75. The summed E-state index contributed by atoms with van der Waals surface area (Å²) in [5.74, 6) is -13.1. The standard InChI is InChI=1S/C11H7F7N2O/c12-9(13,10(14,15)11(16,17)18)6-5-8(21)19-7-3-1-2-4-20(6)7/h1-5,7H,(H,19,21). The van der Waals surface area contributed by atoms with E-state index in [9.17, 15) is 35.5 Å². The summed E-state index contributed by atoms with van der Waals surface area (Å²) in [6.07, 6.45) is -3.18. The number of fused-ring (bicyclic) bond motifs is 1. The Morgan fingerprint density at radius 2 is 1.67 bits per heavy atom. The molecule has 2 aliphatic rings. The van der Waals surface area contributed by atoms with Crippen LogP contribution in [0.15, 0.2) is 36.2 Å². The molecule has 1 N–H and O–H groups in total. The molecule has 2 rings (SSSR count). The Hall–Kier alpha value is -2.00. The van der Waals surface area contributed by atoms with E-state index in [1.54, 1.807) is 0 Å². The maximum absolute atomic E-state index is 13.7. The fraction of sp³-hybridized carbons (Fsp3) is 0.364. The number of allylic oxidation sites excluding steroid dienone is 3. The molecule has 0 aromatic carbocycles. The number of nitrogens with zero attached hydrogens (tertiary/aromatic N) is 1. The van der Waals surface area contributed by atoms with Crippen LogP contribution in [0.5, 0.6) is 0 Å². The predicted molar refractivity (Wildman–Crippen MR) is 56.1 cm³/mol. The molecule has 0 saturated heterocycles. The van der Waals surface area contributed by atoms with E-state index < -0.39 is 35.8 Å². The van der Waals surface area contributed by atoms with Crippen molar-refractivity contribution < 1.29 is 35.5 Å². The minimum absolute atomic E-state index is 0.0274. The number of alkyl halides is 7. The van der Waals surface area contributed by atoms with Crippen LogP contribution in [0.1, 0.15) is 0 Å². The third-order valence-electron chi connectivity index (χ3n) is 2.86. The topological polar surface area (TPSA) is 32.3 Å². The SMILES string of the molecule is O=C1C=C(C(F)(F)C(F)(F)C(F)(F)F)N2C=CC=CC2N1. The zero-order chi connectivity index (χ0) is 16.1. The van der Waals surface area contributed by atoms with Gasteiger partial charge in [0, 0.05) is 12.3 Å². The summed E-state index contributed by atoms with van der Waals surface area (Å²) in [6.45, 7) is 0. The largest absolute Gasteiger partial charge is 0.460 e. The zero-order valence-corrected chi connectivity index (χ0v) is 9.97. The van der Waals surface area contributed by atoms with Gasteiger partial charge in [-0.2, -0.15) is 30.7 Å². The number of rotatable bonds is 2. The highest BCUT2D eigenvalue weighted by Crippen LogP contribution is 2.51. The van der Waals surface area contributed by atoms with Crippen LogP contribution in [0.2, 0.25) is 0 Å². The van der Waals surface area contributed by atoms with Gasteiger partial charge in [0.2, 0.25) is 5.91 Å². The van der Waals surface area contributed by atoms with Gasteiger partial charge in [0.05, 0.1) is 0 Å². The van der Waals surface area contributed by atoms with E-state index in [1.807, 2.05) is 0 Å². The maximum atomic E-state index is 13.7. The molecule has 3 nitrogen and oxygen atoms in total. The van der Waals surface area contributed by atoms with Crippen molar-refractivity contribution >= 4 is 5.91 Å². The highest BCUT2D eigenvalue weighted by atomic mass is 19.4. The number of nitrogens with one attached hydrogen (secondary N) is 1. The van der Waals surface area contributed by atoms with Crippen molar-refractivity contribution in [3.8, 4) is 0 Å². The Kier molecular flexibility index (Phi) is 3.30. The normalized spacial score (nSPS) is 22.8.